The van der Waals surface area contributed by atoms with Gasteiger partial charge in [-0.2, -0.15) is 0 Å². The number of anilines is 1. The summed E-state index contributed by atoms with van der Waals surface area (Å²) in [6.07, 6.45) is 6.01. The van der Waals surface area contributed by atoms with Crippen LogP contribution < -0.4 is 5.73 Å². The van der Waals surface area contributed by atoms with Crippen LogP contribution in [-0.4, -0.2) is 52.5 Å². The van der Waals surface area contributed by atoms with Crippen molar-refractivity contribution in [1.29, 1.82) is 0 Å². The minimum absolute atomic E-state index is 0.545. The molecule has 0 saturated carbocycles. The molecular weight excluding hydrogens is 422 g/mol. The Morgan fingerprint density at radius 2 is 1.89 bits per heavy atom. The van der Waals surface area contributed by atoms with Crippen LogP contribution in [0.2, 0.25) is 0 Å². The molecule has 1 fully saturated rings. The van der Waals surface area contributed by atoms with Gasteiger partial charge in [0.25, 0.3) is 0 Å². The largest absolute Gasteiger partial charge is 0.383 e. The fraction of sp³-hybridized carbons (Fsp3) is 0.300. The van der Waals surface area contributed by atoms with E-state index in [0.717, 1.165) is 50.2 Å². The molecule has 0 unspecified atom stereocenters. The van der Waals surface area contributed by atoms with Gasteiger partial charge in [0.05, 0.1) is 9.30 Å². The van der Waals surface area contributed by atoms with Gasteiger partial charge in [-0.1, -0.05) is 12.1 Å². The van der Waals surface area contributed by atoms with Gasteiger partial charge < -0.3 is 5.73 Å². The third kappa shape index (κ3) is 4.73. The monoisotopic (exact) mass is 443 g/mol. The van der Waals surface area contributed by atoms with Crippen LogP contribution >= 0.6 is 27.3 Å². The number of hydrogen-bond acceptors (Lipinski definition) is 6. The molecule has 140 valence electrons. The average Bonchev–Trinajstić information content (AvgIpc) is 3.08. The summed E-state index contributed by atoms with van der Waals surface area (Å²) in [5, 5.41) is 0.927. The summed E-state index contributed by atoms with van der Waals surface area (Å²) in [5.74, 6) is 0.545. The minimum atomic E-state index is 0.545. The average molecular weight is 444 g/mol. The van der Waals surface area contributed by atoms with Crippen LogP contribution in [0.5, 0.6) is 0 Å². The summed E-state index contributed by atoms with van der Waals surface area (Å²) in [6.45, 7) is 6.33. The molecule has 0 atom stereocenters. The summed E-state index contributed by atoms with van der Waals surface area (Å²) in [4.78, 5) is 14.7. The molecular formula is C20H22BrN5S. The Kier molecular flexibility index (Phi) is 5.83. The van der Waals surface area contributed by atoms with Crippen LogP contribution in [0, 0.1) is 0 Å². The number of nitrogens with two attached hydrogens (primary N) is 1. The number of aromatic nitrogens is 2. The molecule has 4 rings (SSSR count). The third-order valence-electron chi connectivity index (χ3n) is 4.84. The summed E-state index contributed by atoms with van der Waals surface area (Å²) in [5.41, 5.74) is 8.11. The highest BCUT2D eigenvalue weighted by atomic mass is 79.9. The van der Waals surface area contributed by atoms with Crippen molar-refractivity contribution < 1.29 is 0 Å². The number of nitrogens with zero attached hydrogens (tertiary/aromatic N) is 4. The highest BCUT2D eigenvalue weighted by Gasteiger charge is 2.16. The SMILES string of the molecule is Nc1ncnc2cc(CN3CCN(CC=Cc4ccc(Br)s4)CC3)ccc12. The van der Waals surface area contributed by atoms with Crippen LogP contribution in [0.1, 0.15) is 10.4 Å². The molecule has 2 aromatic heterocycles. The van der Waals surface area contributed by atoms with E-state index < -0.39 is 0 Å². The van der Waals surface area contributed by atoms with Gasteiger partial charge in [0.2, 0.25) is 0 Å². The number of nitrogen functional groups attached to an aromatic ring is 1. The van der Waals surface area contributed by atoms with Crippen LogP contribution in [0.15, 0.2) is 46.5 Å². The second-order valence-electron chi connectivity index (χ2n) is 6.73. The van der Waals surface area contributed by atoms with E-state index in [1.807, 2.05) is 6.07 Å². The Morgan fingerprint density at radius 3 is 2.67 bits per heavy atom. The first-order valence-corrected chi connectivity index (χ1v) is 10.6. The first-order valence-electron chi connectivity index (χ1n) is 9.03. The molecule has 27 heavy (non-hydrogen) atoms. The molecule has 2 N–H and O–H groups in total. The van der Waals surface area contributed by atoms with E-state index in [1.165, 1.54) is 20.6 Å². The quantitative estimate of drug-likeness (QED) is 0.648. The molecule has 0 spiro atoms. The highest BCUT2D eigenvalue weighted by Crippen LogP contribution is 2.23. The molecule has 0 bridgehead atoms. The van der Waals surface area contributed by atoms with Gasteiger partial charge in [-0.3, -0.25) is 9.80 Å². The molecule has 1 saturated heterocycles. The molecule has 0 amide bonds. The zero-order valence-corrected chi connectivity index (χ0v) is 17.4. The Bertz CT molecular complexity index is 946. The lowest BCUT2D eigenvalue weighted by Gasteiger charge is -2.34. The minimum Gasteiger partial charge on any atom is -0.383 e. The lowest BCUT2D eigenvalue weighted by Crippen LogP contribution is -2.45. The van der Waals surface area contributed by atoms with E-state index in [1.54, 1.807) is 11.3 Å². The number of halogens is 1. The third-order valence-corrected chi connectivity index (χ3v) is 6.43. The fourth-order valence-electron chi connectivity index (χ4n) is 3.35. The first kappa shape index (κ1) is 18.6. The number of fused-ring (bicyclic) bond motifs is 1. The number of thiophene rings is 1. The van der Waals surface area contributed by atoms with Crippen molar-refractivity contribution in [3.63, 3.8) is 0 Å². The standard InChI is InChI=1S/C20H22BrN5S/c21-19-6-4-16(27-19)2-1-7-25-8-10-26(11-9-25)13-15-3-5-17-18(12-15)23-14-24-20(17)22/h1-6,12,14H,7-11,13H2,(H2,22,23,24). The second-order valence-corrected chi connectivity index (χ2v) is 9.23. The maximum Gasteiger partial charge on any atom is 0.134 e. The van der Waals surface area contributed by atoms with Gasteiger partial charge in [-0.25, -0.2) is 9.97 Å². The Morgan fingerprint density at radius 1 is 1.07 bits per heavy atom. The van der Waals surface area contributed by atoms with Crippen LogP contribution in [0.25, 0.3) is 17.0 Å². The number of piperazine rings is 1. The van der Waals surface area contributed by atoms with Gasteiger partial charge >= 0.3 is 0 Å². The van der Waals surface area contributed by atoms with E-state index in [0.29, 0.717) is 5.82 Å². The van der Waals surface area contributed by atoms with Crippen molar-refractivity contribution in [1.82, 2.24) is 19.8 Å². The van der Waals surface area contributed by atoms with E-state index in [2.05, 4.69) is 72.1 Å². The summed E-state index contributed by atoms with van der Waals surface area (Å²) in [6, 6.07) is 10.5. The number of benzene rings is 1. The Hall–Kier alpha value is -1.80. The van der Waals surface area contributed by atoms with Crippen molar-refractivity contribution >= 4 is 50.1 Å². The maximum atomic E-state index is 5.91. The van der Waals surface area contributed by atoms with Crippen molar-refractivity contribution in [2.45, 2.75) is 6.54 Å². The predicted molar refractivity (Wildman–Crippen MR) is 117 cm³/mol. The summed E-state index contributed by atoms with van der Waals surface area (Å²) < 4.78 is 1.18. The molecule has 7 heteroatoms. The molecule has 5 nitrogen and oxygen atoms in total. The lowest BCUT2D eigenvalue weighted by atomic mass is 10.1. The molecule has 3 aromatic rings. The van der Waals surface area contributed by atoms with Gasteiger partial charge in [-0.05, 0) is 51.8 Å². The van der Waals surface area contributed by atoms with Crippen molar-refractivity contribution in [3.8, 4) is 0 Å². The van der Waals surface area contributed by atoms with Gasteiger partial charge in [-0.15, -0.1) is 11.3 Å². The summed E-state index contributed by atoms with van der Waals surface area (Å²) in [7, 11) is 0. The zero-order chi connectivity index (χ0) is 18.6. The normalized spacial score (nSPS) is 16.5. The smallest absolute Gasteiger partial charge is 0.134 e. The topological polar surface area (TPSA) is 58.3 Å². The molecule has 0 radical (unpaired) electrons. The molecule has 0 aliphatic carbocycles. The van der Waals surface area contributed by atoms with E-state index in [4.69, 9.17) is 5.73 Å². The molecule has 1 aliphatic heterocycles. The van der Waals surface area contributed by atoms with Crippen LogP contribution in [0.3, 0.4) is 0 Å². The van der Waals surface area contributed by atoms with E-state index in [-0.39, 0.29) is 0 Å². The van der Waals surface area contributed by atoms with E-state index >= 15 is 0 Å². The maximum absolute atomic E-state index is 5.91. The lowest BCUT2D eigenvalue weighted by molar-refractivity contribution is 0.137. The number of hydrogen-bond donors (Lipinski definition) is 1. The van der Waals surface area contributed by atoms with Crippen LogP contribution in [0.4, 0.5) is 5.82 Å². The van der Waals surface area contributed by atoms with Crippen molar-refractivity contribution in [3.05, 3.63) is 57.0 Å². The fourth-order valence-corrected chi connectivity index (χ4v) is 4.70. The molecule has 1 aliphatic rings. The summed E-state index contributed by atoms with van der Waals surface area (Å²) >= 11 is 5.27. The highest BCUT2D eigenvalue weighted by molar-refractivity contribution is 9.11. The molecule has 1 aromatic carbocycles. The van der Waals surface area contributed by atoms with Crippen molar-refractivity contribution in [2.24, 2.45) is 0 Å². The number of rotatable bonds is 5. The van der Waals surface area contributed by atoms with Crippen molar-refractivity contribution in [2.75, 3.05) is 38.5 Å². The molecule has 3 heterocycles. The second kappa shape index (κ2) is 8.48. The Balaban J connectivity index is 1.28. The van der Waals surface area contributed by atoms with Crippen LogP contribution in [-0.2, 0) is 6.54 Å². The van der Waals surface area contributed by atoms with Gasteiger partial charge in [0.15, 0.2) is 0 Å². The Labute approximate surface area is 171 Å². The first-order chi connectivity index (χ1) is 13.2. The zero-order valence-electron chi connectivity index (χ0n) is 15.0. The van der Waals surface area contributed by atoms with Gasteiger partial charge in [0, 0.05) is 49.5 Å². The van der Waals surface area contributed by atoms with E-state index in [9.17, 15) is 0 Å². The van der Waals surface area contributed by atoms with Gasteiger partial charge in [0.1, 0.15) is 12.1 Å². The predicted octanol–water partition coefficient (Wildman–Crippen LogP) is 3.87.